The lowest BCUT2D eigenvalue weighted by Gasteiger charge is -2.33. The zero-order chi connectivity index (χ0) is 18.8. The molecule has 140 valence electrons. The molecule has 2 aromatic heterocycles. The van der Waals surface area contributed by atoms with E-state index in [1.54, 1.807) is 22.7 Å². The molecule has 4 rings (SSSR count). The minimum Gasteiger partial charge on any atom is -0.356 e. The number of carbonyl (C=O) groups excluding carboxylic acids is 1. The Hall–Kier alpha value is -3.03. The maximum absolute atomic E-state index is 13.7. The van der Waals surface area contributed by atoms with Gasteiger partial charge in [-0.05, 0) is 25.8 Å². The third-order valence-electron chi connectivity index (χ3n) is 4.89. The number of benzene rings is 1. The van der Waals surface area contributed by atoms with Gasteiger partial charge in [-0.15, -0.1) is 0 Å². The van der Waals surface area contributed by atoms with Gasteiger partial charge < -0.3 is 10.2 Å². The fourth-order valence-electron chi connectivity index (χ4n) is 3.50. The fourth-order valence-corrected chi connectivity index (χ4v) is 3.50. The van der Waals surface area contributed by atoms with Crippen molar-refractivity contribution in [2.75, 3.05) is 18.0 Å². The fraction of sp³-hybridized carbons (Fsp3) is 0.368. The summed E-state index contributed by atoms with van der Waals surface area (Å²) in [5.74, 6) is 0.933. The van der Waals surface area contributed by atoms with E-state index < -0.39 is 0 Å². The van der Waals surface area contributed by atoms with Crippen LogP contribution in [0, 0.1) is 18.7 Å². The topological polar surface area (TPSA) is 75.4 Å². The highest BCUT2D eigenvalue weighted by Crippen LogP contribution is 2.24. The van der Waals surface area contributed by atoms with Gasteiger partial charge in [-0.3, -0.25) is 4.79 Å². The van der Waals surface area contributed by atoms with E-state index in [0.29, 0.717) is 17.9 Å². The average Bonchev–Trinajstić information content (AvgIpc) is 3.15. The molecule has 0 saturated carbocycles. The first-order chi connectivity index (χ1) is 13.1. The minimum absolute atomic E-state index is 0.0523. The SMILES string of the molecule is Cc1cc(N2CCCC(C(=O)NCc3ccccc3F)C2)n2ncnc2n1. The van der Waals surface area contributed by atoms with Crippen LogP contribution in [0.5, 0.6) is 0 Å². The minimum atomic E-state index is -0.302. The first kappa shape index (κ1) is 17.4. The molecule has 0 spiro atoms. The van der Waals surface area contributed by atoms with Crippen molar-refractivity contribution in [3.63, 3.8) is 0 Å². The van der Waals surface area contributed by atoms with Crippen LogP contribution >= 0.6 is 0 Å². The Morgan fingerprint density at radius 1 is 1.37 bits per heavy atom. The van der Waals surface area contributed by atoms with Crippen molar-refractivity contribution in [2.24, 2.45) is 5.92 Å². The van der Waals surface area contributed by atoms with Gasteiger partial charge >= 0.3 is 0 Å². The largest absolute Gasteiger partial charge is 0.356 e. The van der Waals surface area contributed by atoms with Crippen molar-refractivity contribution in [3.8, 4) is 0 Å². The molecule has 1 saturated heterocycles. The summed E-state index contributed by atoms with van der Waals surface area (Å²) in [5.41, 5.74) is 1.35. The van der Waals surface area contributed by atoms with Gasteiger partial charge in [0.15, 0.2) is 0 Å². The second-order valence-electron chi connectivity index (χ2n) is 6.82. The summed E-state index contributed by atoms with van der Waals surface area (Å²) in [5, 5.41) is 7.12. The zero-order valence-corrected chi connectivity index (χ0v) is 15.1. The molecule has 0 radical (unpaired) electrons. The van der Waals surface area contributed by atoms with Crippen molar-refractivity contribution >= 4 is 17.5 Å². The van der Waals surface area contributed by atoms with E-state index in [2.05, 4.69) is 25.3 Å². The number of nitrogens with one attached hydrogen (secondary N) is 1. The summed E-state index contributed by atoms with van der Waals surface area (Å²) in [4.78, 5) is 23.3. The van der Waals surface area contributed by atoms with E-state index in [4.69, 9.17) is 0 Å². The number of halogens is 1. The van der Waals surface area contributed by atoms with Gasteiger partial charge in [0.05, 0.1) is 5.92 Å². The third-order valence-corrected chi connectivity index (χ3v) is 4.89. The monoisotopic (exact) mass is 368 g/mol. The molecular formula is C19H21FN6O. The molecule has 1 aliphatic heterocycles. The quantitative estimate of drug-likeness (QED) is 0.763. The Morgan fingerprint density at radius 2 is 2.22 bits per heavy atom. The van der Waals surface area contributed by atoms with Crippen LogP contribution in [0.15, 0.2) is 36.7 Å². The molecule has 1 atom stereocenters. The maximum Gasteiger partial charge on any atom is 0.254 e. The molecule has 8 heteroatoms. The van der Waals surface area contributed by atoms with Crippen molar-refractivity contribution in [2.45, 2.75) is 26.3 Å². The molecule has 1 fully saturated rings. The van der Waals surface area contributed by atoms with E-state index >= 15 is 0 Å². The summed E-state index contributed by atoms with van der Waals surface area (Å²) >= 11 is 0. The van der Waals surface area contributed by atoms with E-state index in [1.165, 1.54) is 12.4 Å². The number of nitrogens with zero attached hydrogens (tertiary/aromatic N) is 5. The molecule has 1 unspecified atom stereocenters. The lowest BCUT2D eigenvalue weighted by molar-refractivity contribution is -0.125. The van der Waals surface area contributed by atoms with Crippen molar-refractivity contribution in [1.29, 1.82) is 0 Å². The Labute approximate surface area is 156 Å². The number of rotatable bonds is 4. The Bertz CT molecular complexity index is 972. The average molecular weight is 368 g/mol. The Balaban J connectivity index is 1.47. The number of hydrogen-bond donors (Lipinski definition) is 1. The molecule has 7 nitrogen and oxygen atoms in total. The second-order valence-corrected chi connectivity index (χ2v) is 6.82. The molecule has 3 aromatic rings. The Kier molecular flexibility index (Phi) is 4.70. The molecule has 0 bridgehead atoms. The van der Waals surface area contributed by atoms with E-state index in [0.717, 1.165) is 30.9 Å². The molecule has 1 N–H and O–H groups in total. The number of hydrogen-bond acceptors (Lipinski definition) is 5. The van der Waals surface area contributed by atoms with Crippen LogP contribution in [-0.4, -0.2) is 38.6 Å². The Morgan fingerprint density at radius 3 is 3.07 bits per heavy atom. The van der Waals surface area contributed by atoms with Crippen LogP contribution in [0.4, 0.5) is 10.2 Å². The predicted molar refractivity (Wildman–Crippen MR) is 98.7 cm³/mol. The number of aryl methyl sites for hydroxylation is 1. The predicted octanol–water partition coefficient (Wildman–Crippen LogP) is 2.10. The molecule has 1 aliphatic rings. The summed E-state index contributed by atoms with van der Waals surface area (Å²) < 4.78 is 15.4. The number of anilines is 1. The summed E-state index contributed by atoms with van der Waals surface area (Å²) in [6.07, 6.45) is 3.19. The van der Waals surface area contributed by atoms with E-state index in [1.807, 2.05) is 13.0 Å². The van der Waals surface area contributed by atoms with Gasteiger partial charge in [-0.1, -0.05) is 18.2 Å². The lowest BCUT2D eigenvalue weighted by atomic mass is 9.97. The number of carbonyl (C=O) groups is 1. The van der Waals surface area contributed by atoms with Crippen LogP contribution < -0.4 is 10.2 Å². The first-order valence-corrected chi connectivity index (χ1v) is 9.05. The molecule has 1 aromatic carbocycles. The van der Waals surface area contributed by atoms with Crippen molar-refractivity contribution in [1.82, 2.24) is 24.9 Å². The lowest BCUT2D eigenvalue weighted by Crippen LogP contribution is -2.43. The van der Waals surface area contributed by atoms with Crippen LogP contribution in [0.25, 0.3) is 5.78 Å². The maximum atomic E-state index is 13.7. The highest BCUT2D eigenvalue weighted by Gasteiger charge is 2.27. The van der Waals surface area contributed by atoms with Gasteiger partial charge in [0.2, 0.25) is 5.91 Å². The standard InChI is InChI=1S/C19H21FN6O/c1-13-9-17(26-19(24-13)22-12-23-26)25-8-4-6-15(11-25)18(27)21-10-14-5-2-3-7-16(14)20/h2-3,5,7,9,12,15H,4,6,8,10-11H2,1H3,(H,21,27). The number of fused-ring (bicyclic) bond motifs is 1. The van der Waals surface area contributed by atoms with Gasteiger partial charge in [-0.25, -0.2) is 9.37 Å². The van der Waals surface area contributed by atoms with Crippen LogP contribution in [0.3, 0.4) is 0 Å². The number of piperidine rings is 1. The van der Waals surface area contributed by atoms with Crippen molar-refractivity contribution in [3.05, 3.63) is 53.7 Å². The normalized spacial score (nSPS) is 17.3. The highest BCUT2D eigenvalue weighted by molar-refractivity contribution is 5.79. The van der Waals surface area contributed by atoms with E-state index in [-0.39, 0.29) is 24.2 Å². The van der Waals surface area contributed by atoms with Crippen molar-refractivity contribution < 1.29 is 9.18 Å². The molecule has 0 aliphatic carbocycles. The molecular weight excluding hydrogens is 347 g/mol. The van der Waals surface area contributed by atoms with Crippen LogP contribution in [0.1, 0.15) is 24.1 Å². The number of aromatic nitrogens is 4. The van der Waals surface area contributed by atoms with E-state index in [9.17, 15) is 9.18 Å². The van der Waals surface area contributed by atoms with Gasteiger partial charge in [0.1, 0.15) is 18.0 Å². The second kappa shape index (κ2) is 7.30. The molecule has 3 heterocycles. The summed E-state index contributed by atoms with van der Waals surface area (Å²) in [6.45, 7) is 3.54. The molecule has 27 heavy (non-hydrogen) atoms. The summed E-state index contributed by atoms with van der Waals surface area (Å²) in [7, 11) is 0. The third kappa shape index (κ3) is 3.60. The highest BCUT2D eigenvalue weighted by atomic mass is 19.1. The van der Waals surface area contributed by atoms with Crippen LogP contribution in [0.2, 0.25) is 0 Å². The molecule has 1 amide bonds. The zero-order valence-electron chi connectivity index (χ0n) is 15.1. The van der Waals surface area contributed by atoms with Gasteiger partial charge in [0.25, 0.3) is 5.78 Å². The number of amides is 1. The summed E-state index contributed by atoms with van der Waals surface area (Å²) in [6, 6.07) is 8.45. The van der Waals surface area contributed by atoms with Crippen LogP contribution in [-0.2, 0) is 11.3 Å². The van der Waals surface area contributed by atoms with Gasteiger partial charge in [-0.2, -0.15) is 14.6 Å². The first-order valence-electron chi connectivity index (χ1n) is 9.05. The smallest absolute Gasteiger partial charge is 0.254 e. The van der Waals surface area contributed by atoms with Gasteiger partial charge in [0, 0.05) is 37.0 Å².